The van der Waals surface area contributed by atoms with Gasteiger partial charge in [-0.2, -0.15) is 26.3 Å². The molecule has 0 aliphatic carbocycles. The minimum absolute atomic E-state index is 0.0273. The van der Waals surface area contributed by atoms with Crippen molar-refractivity contribution in [1.82, 2.24) is 20.4 Å². The standard InChI is InChI=1S/C26H26F7N5O4/c27-18-13-16(3-6-19(18)35-23(41)36-20-7-8-34-21(20)39)22(40)38-11-9-37(10-12-38)14-15-1-4-17(5-2-15)24(42,25(28,29)30)26(31,32)33/h1-6,13,20,42H,7-12,14H2,(H,34,39)(H2,35,36,41)/t20-/m0/s1. The number of carbonyl (C=O) groups excluding carboxylic acids is 3. The van der Waals surface area contributed by atoms with Gasteiger partial charge in [0.15, 0.2) is 0 Å². The maximum absolute atomic E-state index is 14.6. The third-order valence-corrected chi connectivity index (χ3v) is 7.08. The van der Waals surface area contributed by atoms with Crippen molar-refractivity contribution in [1.29, 1.82) is 0 Å². The first-order chi connectivity index (χ1) is 19.6. The third kappa shape index (κ3) is 6.43. The summed E-state index contributed by atoms with van der Waals surface area (Å²) in [6, 6.07) is 5.31. The van der Waals surface area contributed by atoms with Crippen LogP contribution in [0.3, 0.4) is 0 Å². The van der Waals surface area contributed by atoms with Gasteiger partial charge in [-0.1, -0.05) is 24.3 Å². The summed E-state index contributed by atoms with van der Waals surface area (Å²) in [5.41, 5.74) is -6.12. The molecule has 1 atom stereocenters. The van der Waals surface area contributed by atoms with E-state index in [1.807, 2.05) is 4.90 Å². The van der Waals surface area contributed by atoms with Crippen LogP contribution in [0.2, 0.25) is 0 Å². The van der Waals surface area contributed by atoms with E-state index in [0.29, 0.717) is 43.8 Å². The zero-order valence-electron chi connectivity index (χ0n) is 21.8. The van der Waals surface area contributed by atoms with Crippen molar-refractivity contribution in [3.63, 3.8) is 0 Å². The Labute approximate surface area is 234 Å². The van der Waals surface area contributed by atoms with Crippen molar-refractivity contribution in [2.75, 3.05) is 38.0 Å². The third-order valence-electron chi connectivity index (χ3n) is 7.08. The Kier molecular flexibility index (Phi) is 8.68. The number of anilines is 1. The highest BCUT2D eigenvalue weighted by Gasteiger charge is 2.71. The van der Waals surface area contributed by atoms with E-state index in [2.05, 4.69) is 16.0 Å². The second-order valence-electron chi connectivity index (χ2n) is 9.90. The lowest BCUT2D eigenvalue weighted by Gasteiger charge is -2.35. The van der Waals surface area contributed by atoms with Gasteiger partial charge in [-0.25, -0.2) is 9.18 Å². The highest BCUT2D eigenvalue weighted by molar-refractivity contribution is 5.97. The Hall–Kier alpha value is -3.92. The lowest BCUT2D eigenvalue weighted by Crippen LogP contribution is -2.53. The Morgan fingerprint density at radius 2 is 1.57 bits per heavy atom. The maximum atomic E-state index is 14.6. The Bertz CT molecular complexity index is 1310. The number of carbonyl (C=O) groups is 3. The van der Waals surface area contributed by atoms with Crippen LogP contribution in [0, 0.1) is 5.82 Å². The Morgan fingerprint density at radius 1 is 0.952 bits per heavy atom. The SMILES string of the molecule is O=C(Nc1ccc(C(=O)N2CCN(Cc3ccc(C(O)(C(F)(F)F)C(F)(F)F)cc3)CC2)cc1F)N[C@H]1CCNC1=O. The van der Waals surface area contributed by atoms with Crippen LogP contribution in [0.15, 0.2) is 42.5 Å². The molecule has 228 valence electrons. The summed E-state index contributed by atoms with van der Waals surface area (Å²) >= 11 is 0. The largest absolute Gasteiger partial charge is 0.430 e. The van der Waals surface area contributed by atoms with Gasteiger partial charge in [-0.05, 0) is 30.2 Å². The number of nitrogens with zero attached hydrogens (tertiary/aromatic N) is 2. The number of alkyl halides is 6. The molecule has 16 heteroatoms. The molecule has 4 rings (SSSR count). The molecule has 0 saturated carbocycles. The number of piperazine rings is 1. The monoisotopic (exact) mass is 605 g/mol. The highest BCUT2D eigenvalue weighted by atomic mass is 19.4. The molecular weight excluding hydrogens is 579 g/mol. The van der Waals surface area contributed by atoms with Crippen LogP contribution >= 0.6 is 0 Å². The van der Waals surface area contributed by atoms with Gasteiger partial charge in [-0.3, -0.25) is 14.5 Å². The molecule has 2 aliphatic heterocycles. The summed E-state index contributed by atoms with van der Waals surface area (Å²) in [5, 5.41) is 16.8. The normalized spacial score (nSPS) is 18.5. The summed E-state index contributed by atoms with van der Waals surface area (Å²) in [4.78, 5) is 39.8. The number of urea groups is 1. The molecular formula is C26H26F7N5O4. The molecule has 2 aromatic rings. The lowest BCUT2D eigenvalue weighted by molar-refractivity contribution is -0.376. The van der Waals surface area contributed by atoms with Crippen molar-refractivity contribution in [2.24, 2.45) is 0 Å². The zero-order valence-corrected chi connectivity index (χ0v) is 21.8. The first kappa shape index (κ1) is 31.0. The van der Waals surface area contributed by atoms with E-state index < -0.39 is 47.3 Å². The summed E-state index contributed by atoms with van der Waals surface area (Å²) in [6.45, 7) is 1.65. The molecule has 0 spiro atoms. The summed E-state index contributed by atoms with van der Waals surface area (Å²) in [5.74, 6) is -1.68. The molecule has 2 fully saturated rings. The fourth-order valence-corrected chi connectivity index (χ4v) is 4.69. The maximum Gasteiger partial charge on any atom is 0.430 e. The van der Waals surface area contributed by atoms with Crippen LogP contribution in [0.25, 0.3) is 0 Å². The van der Waals surface area contributed by atoms with Gasteiger partial charge in [0, 0.05) is 50.4 Å². The first-order valence-corrected chi connectivity index (χ1v) is 12.7. The van der Waals surface area contributed by atoms with Gasteiger partial charge in [0.2, 0.25) is 5.91 Å². The van der Waals surface area contributed by atoms with Crippen LogP contribution in [0.5, 0.6) is 0 Å². The van der Waals surface area contributed by atoms with E-state index in [-0.39, 0.29) is 36.8 Å². The molecule has 0 unspecified atom stereocenters. The molecule has 2 saturated heterocycles. The molecule has 9 nitrogen and oxygen atoms in total. The summed E-state index contributed by atoms with van der Waals surface area (Å²) in [6.07, 6.45) is -11.5. The van der Waals surface area contributed by atoms with Gasteiger partial charge in [0.1, 0.15) is 11.9 Å². The van der Waals surface area contributed by atoms with E-state index in [4.69, 9.17) is 0 Å². The predicted octanol–water partition coefficient (Wildman–Crippen LogP) is 3.11. The minimum Gasteiger partial charge on any atom is -0.369 e. The molecule has 4 amide bonds. The summed E-state index contributed by atoms with van der Waals surface area (Å²) in [7, 11) is 0. The Balaban J connectivity index is 1.31. The molecule has 0 aromatic heterocycles. The lowest BCUT2D eigenvalue weighted by atomic mass is 9.91. The van der Waals surface area contributed by atoms with Crippen molar-refractivity contribution in [3.05, 3.63) is 65.0 Å². The van der Waals surface area contributed by atoms with Crippen molar-refractivity contribution < 1.29 is 50.2 Å². The molecule has 2 heterocycles. The first-order valence-electron chi connectivity index (χ1n) is 12.7. The van der Waals surface area contributed by atoms with Crippen molar-refractivity contribution >= 4 is 23.5 Å². The fourth-order valence-electron chi connectivity index (χ4n) is 4.69. The zero-order chi connectivity index (χ0) is 30.9. The number of hydrogen-bond acceptors (Lipinski definition) is 5. The number of aliphatic hydroxyl groups is 1. The number of halogens is 7. The molecule has 2 aromatic carbocycles. The number of hydrogen-bond donors (Lipinski definition) is 4. The number of amides is 4. The van der Waals surface area contributed by atoms with Gasteiger partial charge >= 0.3 is 18.4 Å². The smallest absolute Gasteiger partial charge is 0.369 e. The van der Waals surface area contributed by atoms with Crippen LogP contribution in [-0.2, 0) is 16.9 Å². The van der Waals surface area contributed by atoms with Gasteiger partial charge < -0.3 is 26.0 Å². The van der Waals surface area contributed by atoms with E-state index in [1.165, 1.54) is 17.0 Å². The van der Waals surface area contributed by atoms with Crippen molar-refractivity contribution in [3.8, 4) is 0 Å². The van der Waals surface area contributed by atoms with Crippen LogP contribution in [0.4, 0.5) is 41.2 Å². The average molecular weight is 606 g/mol. The topological polar surface area (TPSA) is 114 Å². The number of nitrogens with one attached hydrogen (secondary N) is 3. The molecule has 4 N–H and O–H groups in total. The van der Waals surface area contributed by atoms with E-state index in [9.17, 15) is 50.2 Å². The van der Waals surface area contributed by atoms with Crippen LogP contribution < -0.4 is 16.0 Å². The van der Waals surface area contributed by atoms with Gasteiger partial charge in [0.25, 0.3) is 11.5 Å². The predicted molar refractivity (Wildman–Crippen MR) is 134 cm³/mol. The number of rotatable bonds is 6. The molecule has 0 radical (unpaired) electrons. The number of benzene rings is 2. The van der Waals surface area contributed by atoms with Crippen molar-refractivity contribution in [2.45, 2.75) is 37.0 Å². The van der Waals surface area contributed by atoms with Gasteiger partial charge in [0.05, 0.1) is 5.69 Å². The van der Waals surface area contributed by atoms with Gasteiger partial charge in [-0.15, -0.1) is 0 Å². The summed E-state index contributed by atoms with van der Waals surface area (Å²) < 4.78 is 93.2. The van der Waals surface area contributed by atoms with Crippen LogP contribution in [0.1, 0.15) is 27.9 Å². The second-order valence-corrected chi connectivity index (χ2v) is 9.90. The van der Waals surface area contributed by atoms with Crippen LogP contribution in [-0.4, -0.2) is 83.9 Å². The fraction of sp³-hybridized carbons (Fsp3) is 0.423. The molecule has 42 heavy (non-hydrogen) atoms. The quantitative estimate of drug-likeness (QED) is 0.378. The second kappa shape index (κ2) is 11.8. The highest BCUT2D eigenvalue weighted by Crippen LogP contribution is 2.50. The minimum atomic E-state index is -5.97. The Morgan fingerprint density at radius 3 is 2.10 bits per heavy atom. The average Bonchev–Trinajstić information content (AvgIpc) is 3.32. The molecule has 0 bridgehead atoms. The van der Waals surface area contributed by atoms with E-state index in [0.717, 1.165) is 18.2 Å². The molecule has 2 aliphatic rings. The van der Waals surface area contributed by atoms with E-state index in [1.54, 1.807) is 0 Å². The van der Waals surface area contributed by atoms with E-state index >= 15 is 0 Å².